The Balaban J connectivity index is 2.35. The van der Waals surface area contributed by atoms with Crippen molar-refractivity contribution in [3.63, 3.8) is 0 Å². The van der Waals surface area contributed by atoms with Crippen molar-refractivity contribution in [3.05, 3.63) is 85.6 Å². The van der Waals surface area contributed by atoms with Crippen LogP contribution in [0.3, 0.4) is 0 Å². The minimum absolute atomic E-state index is 0.0864. The van der Waals surface area contributed by atoms with E-state index in [9.17, 15) is 14.9 Å². The van der Waals surface area contributed by atoms with Crippen molar-refractivity contribution in [2.75, 3.05) is 0 Å². The number of benzene rings is 1. The van der Waals surface area contributed by atoms with Gasteiger partial charge in [0.05, 0.1) is 11.1 Å². The van der Waals surface area contributed by atoms with Gasteiger partial charge in [0.2, 0.25) is 0 Å². The summed E-state index contributed by atoms with van der Waals surface area (Å²) in [6, 6.07) is 12.6. The topological polar surface area (TPSA) is 80.2 Å². The third kappa shape index (κ3) is 2.36. The molecule has 0 spiro atoms. The molecule has 3 aromatic heterocycles. The summed E-state index contributed by atoms with van der Waals surface area (Å²) in [5.41, 5.74) is 3.06. The van der Waals surface area contributed by atoms with Crippen molar-refractivity contribution in [3.8, 4) is 11.8 Å². The largest absolute Gasteiger partial charge is 0.274 e. The van der Waals surface area contributed by atoms with Gasteiger partial charge in [-0.05, 0) is 49.6 Å². The van der Waals surface area contributed by atoms with E-state index in [1.54, 1.807) is 12.3 Å². The van der Waals surface area contributed by atoms with Gasteiger partial charge < -0.3 is 0 Å². The minimum Gasteiger partial charge on any atom is -0.268 e. The number of fused-ring (bicyclic) bond motifs is 2. The third-order valence-electron chi connectivity index (χ3n) is 4.78. The van der Waals surface area contributed by atoms with Crippen molar-refractivity contribution >= 4 is 16.7 Å². The third-order valence-corrected chi connectivity index (χ3v) is 4.78. The molecule has 0 amide bonds. The molecule has 0 saturated carbocycles. The summed E-state index contributed by atoms with van der Waals surface area (Å²) >= 11 is 0. The van der Waals surface area contributed by atoms with Crippen molar-refractivity contribution in [1.82, 2.24) is 14.0 Å². The average Bonchev–Trinajstić information content (AvgIpc) is 2.64. The van der Waals surface area contributed by atoms with Gasteiger partial charge in [0.1, 0.15) is 17.3 Å². The Bertz CT molecular complexity index is 1380. The van der Waals surface area contributed by atoms with E-state index in [4.69, 9.17) is 0 Å². The Hall–Kier alpha value is -3.72. The first-order valence-corrected chi connectivity index (χ1v) is 8.48. The SMILES string of the molecule is Cc1cccc(C)c1-n1c(=O)c(C#N)cc2c(=O)n3cccc(C)c3nc21. The number of aromatic nitrogens is 3. The Kier molecular flexibility index (Phi) is 3.67. The van der Waals surface area contributed by atoms with E-state index in [0.717, 1.165) is 16.7 Å². The fourth-order valence-corrected chi connectivity index (χ4v) is 3.47. The molecule has 27 heavy (non-hydrogen) atoms. The van der Waals surface area contributed by atoms with Crippen LogP contribution in [0.2, 0.25) is 0 Å². The zero-order valence-corrected chi connectivity index (χ0v) is 15.1. The summed E-state index contributed by atoms with van der Waals surface area (Å²) < 4.78 is 2.84. The number of hydrogen-bond acceptors (Lipinski definition) is 4. The molecule has 0 N–H and O–H groups in total. The molecule has 3 heterocycles. The van der Waals surface area contributed by atoms with Crippen LogP contribution in [0, 0.1) is 32.1 Å². The summed E-state index contributed by atoms with van der Waals surface area (Å²) in [5.74, 6) is 0. The van der Waals surface area contributed by atoms with Gasteiger partial charge in [0.25, 0.3) is 11.1 Å². The first kappa shape index (κ1) is 16.7. The van der Waals surface area contributed by atoms with Gasteiger partial charge in [-0.25, -0.2) is 4.98 Å². The number of pyridine rings is 2. The molecule has 0 fully saturated rings. The number of rotatable bonds is 1. The summed E-state index contributed by atoms with van der Waals surface area (Å²) in [4.78, 5) is 30.8. The first-order valence-electron chi connectivity index (χ1n) is 8.48. The fraction of sp³-hybridized carbons (Fsp3) is 0.143. The molecule has 0 unspecified atom stereocenters. The van der Waals surface area contributed by atoms with Gasteiger partial charge in [0, 0.05) is 6.20 Å². The Labute approximate surface area is 154 Å². The van der Waals surface area contributed by atoms with E-state index >= 15 is 0 Å². The molecule has 1 aromatic carbocycles. The minimum atomic E-state index is -0.479. The van der Waals surface area contributed by atoms with Crippen LogP contribution in [0.4, 0.5) is 0 Å². The molecular formula is C21H16N4O2. The van der Waals surface area contributed by atoms with Crippen LogP contribution in [0.5, 0.6) is 0 Å². The second kappa shape index (κ2) is 5.92. The number of nitrogens with zero attached hydrogens (tertiary/aromatic N) is 4. The maximum atomic E-state index is 13.1. The molecule has 0 aliphatic heterocycles. The van der Waals surface area contributed by atoms with Gasteiger partial charge in [-0.15, -0.1) is 0 Å². The van der Waals surface area contributed by atoms with Crippen molar-refractivity contribution in [2.45, 2.75) is 20.8 Å². The predicted octanol–water partition coefficient (Wildman–Crippen LogP) is 2.80. The van der Waals surface area contributed by atoms with Crippen LogP contribution >= 0.6 is 0 Å². The Morgan fingerprint density at radius 3 is 2.26 bits per heavy atom. The lowest BCUT2D eigenvalue weighted by Gasteiger charge is -2.16. The van der Waals surface area contributed by atoms with E-state index in [1.807, 2.05) is 51.1 Å². The summed E-state index contributed by atoms with van der Waals surface area (Å²) in [6.45, 7) is 5.64. The normalized spacial score (nSPS) is 11.0. The zero-order chi connectivity index (χ0) is 19.3. The molecule has 4 rings (SSSR count). The van der Waals surface area contributed by atoms with Crippen LogP contribution in [-0.4, -0.2) is 14.0 Å². The lowest BCUT2D eigenvalue weighted by atomic mass is 10.1. The van der Waals surface area contributed by atoms with Gasteiger partial charge in [-0.2, -0.15) is 5.26 Å². The molecule has 0 saturated heterocycles. The maximum Gasteiger partial charge on any atom is 0.274 e. The molecular weight excluding hydrogens is 340 g/mol. The van der Waals surface area contributed by atoms with Gasteiger partial charge in [0.15, 0.2) is 5.65 Å². The molecule has 0 radical (unpaired) electrons. The molecule has 4 aromatic rings. The molecule has 0 atom stereocenters. The Morgan fingerprint density at radius 1 is 0.926 bits per heavy atom. The number of aryl methyl sites for hydroxylation is 3. The van der Waals surface area contributed by atoms with E-state index in [0.29, 0.717) is 11.3 Å². The molecule has 0 aliphatic carbocycles. The predicted molar refractivity (Wildman–Crippen MR) is 103 cm³/mol. The number of hydrogen-bond donors (Lipinski definition) is 0. The molecule has 6 nitrogen and oxygen atoms in total. The van der Waals surface area contributed by atoms with Crippen LogP contribution < -0.4 is 11.1 Å². The lowest BCUT2D eigenvalue weighted by molar-refractivity contribution is 0.963. The van der Waals surface area contributed by atoms with Crippen molar-refractivity contribution < 1.29 is 0 Å². The molecule has 0 bridgehead atoms. The van der Waals surface area contributed by atoms with E-state index in [1.165, 1.54) is 15.0 Å². The smallest absolute Gasteiger partial charge is 0.268 e. The quantitative estimate of drug-likeness (QED) is 0.491. The second-order valence-corrected chi connectivity index (χ2v) is 6.59. The van der Waals surface area contributed by atoms with E-state index in [2.05, 4.69) is 4.98 Å². The van der Waals surface area contributed by atoms with Gasteiger partial charge in [-0.1, -0.05) is 24.3 Å². The molecule has 6 heteroatoms. The zero-order valence-electron chi connectivity index (χ0n) is 15.1. The highest BCUT2D eigenvalue weighted by Crippen LogP contribution is 2.21. The second-order valence-electron chi connectivity index (χ2n) is 6.59. The van der Waals surface area contributed by atoms with Crippen molar-refractivity contribution in [1.29, 1.82) is 5.26 Å². The van der Waals surface area contributed by atoms with Crippen LogP contribution in [0.1, 0.15) is 22.3 Å². The summed E-state index contributed by atoms with van der Waals surface area (Å²) in [7, 11) is 0. The Morgan fingerprint density at radius 2 is 1.59 bits per heavy atom. The first-order chi connectivity index (χ1) is 12.9. The monoisotopic (exact) mass is 356 g/mol. The maximum absolute atomic E-state index is 13.1. The highest BCUT2D eigenvalue weighted by Gasteiger charge is 2.18. The highest BCUT2D eigenvalue weighted by molar-refractivity contribution is 5.80. The van der Waals surface area contributed by atoms with Crippen molar-refractivity contribution in [2.24, 2.45) is 0 Å². The number of nitriles is 1. The van der Waals surface area contributed by atoms with Crippen LogP contribution in [0.25, 0.3) is 22.4 Å². The number of para-hydroxylation sites is 1. The van der Waals surface area contributed by atoms with E-state index < -0.39 is 5.56 Å². The van der Waals surface area contributed by atoms with Gasteiger partial charge >= 0.3 is 0 Å². The van der Waals surface area contributed by atoms with Crippen LogP contribution in [0.15, 0.2) is 52.2 Å². The van der Waals surface area contributed by atoms with Gasteiger partial charge in [-0.3, -0.25) is 18.6 Å². The lowest BCUT2D eigenvalue weighted by Crippen LogP contribution is -2.27. The average molecular weight is 356 g/mol. The standard InChI is InChI=1S/C21H16N4O2/c1-12-6-4-7-13(2)17(12)25-19-16(10-15(11-22)20(25)26)21(27)24-9-5-8-14(3)18(24)23-19/h4-10H,1-3H3. The molecule has 132 valence electrons. The van der Waals surface area contributed by atoms with E-state index in [-0.39, 0.29) is 22.2 Å². The highest BCUT2D eigenvalue weighted by atomic mass is 16.1. The summed E-state index contributed by atoms with van der Waals surface area (Å²) in [6.07, 6.45) is 1.64. The summed E-state index contributed by atoms with van der Waals surface area (Å²) in [5, 5.41) is 9.68. The molecule has 0 aliphatic rings. The van der Waals surface area contributed by atoms with Crippen LogP contribution in [-0.2, 0) is 0 Å². The fourth-order valence-electron chi connectivity index (χ4n) is 3.47.